The number of anilines is 1. The van der Waals surface area contributed by atoms with Crippen LogP contribution in [0.2, 0.25) is 0 Å². The summed E-state index contributed by atoms with van der Waals surface area (Å²) in [6, 6.07) is 13.4. The van der Waals surface area contributed by atoms with Crippen molar-refractivity contribution in [3.05, 3.63) is 53.6 Å². The Morgan fingerprint density at radius 3 is 2.35 bits per heavy atom. The molecule has 2 aromatic carbocycles. The molecule has 0 saturated carbocycles. The quantitative estimate of drug-likeness (QED) is 0.946. The van der Waals surface area contributed by atoms with E-state index in [9.17, 15) is 4.79 Å². The molecule has 0 aliphatic carbocycles. The van der Waals surface area contributed by atoms with Gasteiger partial charge in [-0.2, -0.15) is 0 Å². The van der Waals surface area contributed by atoms with Gasteiger partial charge < -0.3 is 19.7 Å². The van der Waals surface area contributed by atoms with Crippen molar-refractivity contribution >= 4 is 11.7 Å². The highest BCUT2D eigenvalue weighted by molar-refractivity contribution is 5.90. The first-order valence-electron chi connectivity index (χ1n) is 7.55. The third-order valence-electron chi connectivity index (χ3n) is 4.02. The minimum absolute atomic E-state index is 0.116. The van der Waals surface area contributed by atoms with Gasteiger partial charge in [0.15, 0.2) is 0 Å². The zero-order valence-corrected chi connectivity index (χ0v) is 13.3. The molecule has 0 aromatic heterocycles. The van der Waals surface area contributed by atoms with E-state index in [1.807, 2.05) is 17.0 Å². The number of carbonyl (C=O) groups is 1. The molecule has 1 N–H and O–H groups in total. The zero-order valence-electron chi connectivity index (χ0n) is 13.3. The van der Waals surface area contributed by atoms with E-state index in [4.69, 9.17) is 9.47 Å². The second-order valence-electron chi connectivity index (χ2n) is 5.47. The van der Waals surface area contributed by atoms with E-state index in [0.29, 0.717) is 30.3 Å². The van der Waals surface area contributed by atoms with Gasteiger partial charge >= 0.3 is 6.03 Å². The van der Waals surface area contributed by atoms with E-state index in [1.165, 1.54) is 11.1 Å². The fourth-order valence-electron chi connectivity index (χ4n) is 2.75. The lowest BCUT2D eigenvalue weighted by molar-refractivity contribution is 0.206. The van der Waals surface area contributed by atoms with E-state index >= 15 is 0 Å². The van der Waals surface area contributed by atoms with Gasteiger partial charge in [-0.25, -0.2) is 4.79 Å². The van der Waals surface area contributed by atoms with Crippen LogP contribution in [0.25, 0.3) is 0 Å². The first-order chi connectivity index (χ1) is 11.2. The largest absolute Gasteiger partial charge is 0.497 e. The summed E-state index contributed by atoms with van der Waals surface area (Å²) in [6.07, 6.45) is 0.880. The number of rotatable bonds is 3. The highest BCUT2D eigenvalue weighted by Crippen LogP contribution is 2.26. The fraction of sp³-hybridized carbons (Fsp3) is 0.278. The number of ether oxygens (including phenoxy) is 2. The van der Waals surface area contributed by atoms with Crippen LogP contribution < -0.4 is 14.8 Å². The molecule has 120 valence electrons. The number of benzene rings is 2. The normalized spacial score (nSPS) is 13.2. The van der Waals surface area contributed by atoms with Gasteiger partial charge in [-0.05, 0) is 17.5 Å². The van der Waals surface area contributed by atoms with Gasteiger partial charge in [0, 0.05) is 37.0 Å². The lowest BCUT2D eigenvalue weighted by Crippen LogP contribution is -2.38. The lowest BCUT2D eigenvalue weighted by Gasteiger charge is -2.29. The lowest BCUT2D eigenvalue weighted by atomic mass is 10.0. The Morgan fingerprint density at radius 2 is 1.70 bits per heavy atom. The molecule has 0 spiro atoms. The predicted molar refractivity (Wildman–Crippen MR) is 89.1 cm³/mol. The van der Waals surface area contributed by atoms with Crippen molar-refractivity contribution in [2.45, 2.75) is 13.0 Å². The molecule has 2 amide bonds. The Hall–Kier alpha value is -2.69. The standard InChI is InChI=1S/C18H20N2O3/c1-22-16-9-15(10-17(11-16)23-2)19-18(21)20-8-7-13-5-3-4-6-14(13)12-20/h3-6,9-11H,7-8,12H2,1-2H3,(H,19,21). The maximum absolute atomic E-state index is 12.5. The van der Waals surface area contributed by atoms with E-state index in [1.54, 1.807) is 32.4 Å². The van der Waals surface area contributed by atoms with Crippen molar-refractivity contribution in [1.82, 2.24) is 4.90 Å². The summed E-state index contributed by atoms with van der Waals surface area (Å²) >= 11 is 0. The second kappa shape index (κ2) is 6.60. The Kier molecular flexibility index (Phi) is 4.37. The molecule has 0 fully saturated rings. The van der Waals surface area contributed by atoms with Crippen molar-refractivity contribution in [2.24, 2.45) is 0 Å². The Balaban J connectivity index is 1.73. The summed E-state index contributed by atoms with van der Waals surface area (Å²) in [4.78, 5) is 14.3. The van der Waals surface area contributed by atoms with Gasteiger partial charge in [0.05, 0.1) is 14.2 Å². The van der Waals surface area contributed by atoms with Crippen LogP contribution >= 0.6 is 0 Å². The number of hydrogen-bond acceptors (Lipinski definition) is 3. The number of urea groups is 1. The van der Waals surface area contributed by atoms with Gasteiger partial charge in [-0.15, -0.1) is 0 Å². The molecular weight excluding hydrogens is 292 g/mol. The number of methoxy groups -OCH3 is 2. The van der Waals surface area contributed by atoms with E-state index in [0.717, 1.165) is 6.42 Å². The smallest absolute Gasteiger partial charge is 0.322 e. The molecule has 0 atom stereocenters. The summed E-state index contributed by atoms with van der Waals surface area (Å²) in [5, 5.41) is 2.92. The highest BCUT2D eigenvalue weighted by atomic mass is 16.5. The number of carbonyl (C=O) groups excluding carboxylic acids is 1. The molecular formula is C18H20N2O3. The molecule has 1 aliphatic rings. The Bertz CT molecular complexity index is 693. The average molecular weight is 312 g/mol. The van der Waals surface area contributed by atoms with Crippen molar-refractivity contribution in [3.63, 3.8) is 0 Å². The maximum atomic E-state index is 12.5. The van der Waals surface area contributed by atoms with E-state index in [2.05, 4.69) is 17.4 Å². The minimum Gasteiger partial charge on any atom is -0.497 e. The molecule has 5 heteroatoms. The average Bonchev–Trinajstić information content (AvgIpc) is 2.60. The van der Waals surface area contributed by atoms with Crippen LogP contribution in [0, 0.1) is 0 Å². The molecule has 2 aromatic rings. The molecule has 0 unspecified atom stereocenters. The first kappa shape index (κ1) is 15.2. The zero-order chi connectivity index (χ0) is 16.2. The van der Waals surface area contributed by atoms with E-state index in [-0.39, 0.29) is 6.03 Å². The summed E-state index contributed by atoms with van der Waals surface area (Å²) in [6.45, 7) is 1.34. The van der Waals surface area contributed by atoms with Crippen LogP contribution in [0.3, 0.4) is 0 Å². The van der Waals surface area contributed by atoms with Gasteiger partial charge in [0.25, 0.3) is 0 Å². The van der Waals surface area contributed by atoms with Gasteiger partial charge in [0.2, 0.25) is 0 Å². The summed E-state index contributed by atoms with van der Waals surface area (Å²) in [5.41, 5.74) is 3.18. The summed E-state index contributed by atoms with van der Waals surface area (Å²) in [5.74, 6) is 1.28. The molecule has 1 aliphatic heterocycles. The van der Waals surface area contributed by atoms with Crippen molar-refractivity contribution < 1.29 is 14.3 Å². The van der Waals surface area contributed by atoms with Crippen LogP contribution in [0.4, 0.5) is 10.5 Å². The van der Waals surface area contributed by atoms with Crippen LogP contribution in [-0.2, 0) is 13.0 Å². The third-order valence-corrected chi connectivity index (χ3v) is 4.02. The Morgan fingerprint density at radius 1 is 1.04 bits per heavy atom. The summed E-state index contributed by atoms with van der Waals surface area (Å²) < 4.78 is 10.5. The van der Waals surface area contributed by atoms with Crippen molar-refractivity contribution in [3.8, 4) is 11.5 Å². The van der Waals surface area contributed by atoms with Gasteiger partial charge in [-0.1, -0.05) is 24.3 Å². The number of fused-ring (bicyclic) bond motifs is 1. The van der Waals surface area contributed by atoms with Crippen LogP contribution in [0.5, 0.6) is 11.5 Å². The van der Waals surface area contributed by atoms with Gasteiger partial charge in [0.1, 0.15) is 11.5 Å². The SMILES string of the molecule is COc1cc(NC(=O)N2CCc3ccccc3C2)cc(OC)c1. The highest BCUT2D eigenvalue weighted by Gasteiger charge is 2.20. The second-order valence-corrected chi connectivity index (χ2v) is 5.47. The van der Waals surface area contributed by atoms with Crippen LogP contribution in [-0.4, -0.2) is 31.7 Å². The fourth-order valence-corrected chi connectivity index (χ4v) is 2.75. The molecule has 0 bridgehead atoms. The van der Waals surface area contributed by atoms with E-state index < -0.39 is 0 Å². The number of hydrogen-bond donors (Lipinski definition) is 1. The van der Waals surface area contributed by atoms with Crippen molar-refractivity contribution in [1.29, 1.82) is 0 Å². The minimum atomic E-state index is -0.116. The number of nitrogens with one attached hydrogen (secondary N) is 1. The monoisotopic (exact) mass is 312 g/mol. The molecule has 3 rings (SSSR count). The topological polar surface area (TPSA) is 50.8 Å². The summed E-state index contributed by atoms with van der Waals surface area (Å²) in [7, 11) is 3.17. The predicted octanol–water partition coefficient (Wildman–Crippen LogP) is 3.29. The Labute approximate surface area is 135 Å². The number of amides is 2. The molecule has 5 nitrogen and oxygen atoms in total. The van der Waals surface area contributed by atoms with Crippen LogP contribution in [0.15, 0.2) is 42.5 Å². The molecule has 0 radical (unpaired) electrons. The van der Waals surface area contributed by atoms with Crippen molar-refractivity contribution in [2.75, 3.05) is 26.1 Å². The molecule has 23 heavy (non-hydrogen) atoms. The maximum Gasteiger partial charge on any atom is 0.322 e. The first-order valence-corrected chi connectivity index (χ1v) is 7.55. The molecule has 0 saturated heterocycles. The van der Waals surface area contributed by atoms with Crippen LogP contribution in [0.1, 0.15) is 11.1 Å². The molecule has 1 heterocycles. The third kappa shape index (κ3) is 3.39. The number of nitrogens with zero attached hydrogens (tertiary/aromatic N) is 1. The van der Waals surface area contributed by atoms with Gasteiger partial charge in [-0.3, -0.25) is 0 Å².